The van der Waals surface area contributed by atoms with Gasteiger partial charge in [0.25, 0.3) is 0 Å². The van der Waals surface area contributed by atoms with Crippen molar-refractivity contribution in [1.82, 2.24) is 0 Å². The molecule has 3 fully saturated rings. The highest BCUT2D eigenvalue weighted by atomic mass is 16.5. The zero-order chi connectivity index (χ0) is 26.5. The van der Waals surface area contributed by atoms with Crippen molar-refractivity contribution in [1.29, 1.82) is 0 Å². The summed E-state index contributed by atoms with van der Waals surface area (Å²) in [6.07, 6.45) is 8.03. The maximum Gasteiger partial charge on any atom is 0.178 e. The number of ether oxygens (including phenoxy) is 1. The van der Waals surface area contributed by atoms with Crippen LogP contribution in [0.4, 0.5) is 5.69 Å². The van der Waals surface area contributed by atoms with Crippen molar-refractivity contribution in [3.8, 4) is 0 Å². The minimum atomic E-state index is -0.454. The fraction of sp³-hybridized carbons (Fsp3) is 0.677. The highest BCUT2D eigenvalue weighted by molar-refractivity contribution is 6.09. The number of benzene rings is 1. The topological polar surface area (TPSA) is 88.1 Å². The quantitative estimate of drug-likeness (QED) is 0.466. The van der Waals surface area contributed by atoms with Crippen molar-refractivity contribution in [3.63, 3.8) is 0 Å². The highest BCUT2D eigenvalue weighted by Gasteiger charge is 2.28. The smallest absolute Gasteiger partial charge is 0.178 e. The molecule has 2 heterocycles. The first kappa shape index (κ1) is 27.8. The number of carbonyl (C=O) groups is 1. The molecule has 0 spiro atoms. The lowest BCUT2D eigenvalue weighted by Gasteiger charge is -2.36. The number of anilines is 1. The van der Waals surface area contributed by atoms with Gasteiger partial charge in [0, 0.05) is 30.9 Å². The predicted molar refractivity (Wildman–Crippen MR) is 151 cm³/mol. The number of aliphatic hydroxyl groups is 1. The number of ketones is 1. The van der Waals surface area contributed by atoms with Gasteiger partial charge >= 0.3 is 0 Å². The van der Waals surface area contributed by atoms with Crippen LogP contribution in [0.2, 0.25) is 0 Å². The van der Waals surface area contributed by atoms with E-state index in [4.69, 9.17) is 15.5 Å². The monoisotopic (exact) mass is 509 g/mol. The van der Waals surface area contributed by atoms with Crippen LogP contribution in [-0.2, 0) is 9.53 Å². The normalized spacial score (nSPS) is 28.5. The second-order valence-corrected chi connectivity index (χ2v) is 11.7. The number of nitrogens with zero attached hydrogens (tertiary/aromatic N) is 2. The van der Waals surface area contributed by atoms with Crippen LogP contribution in [0, 0.1) is 25.7 Å². The third kappa shape index (κ3) is 7.02. The first-order chi connectivity index (χ1) is 17.7. The SMILES string of the molecule is Cc1cccc(N2CCC(C(O)CN=C3CCCC3=C(N)C(=O)CCC3C[C@@H](C)O[C@@H](C)C3)CC2)c1C. The Balaban J connectivity index is 1.29. The average Bonchev–Trinajstić information content (AvgIpc) is 3.35. The van der Waals surface area contributed by atoms with E-state index in [0.29, 0.717) is 24.6 Å². The molecule has 2 aliphatic heterocycles. The number of hydrogen-bond donors (Lipinski definition) is 2. The van der Waals surface area contributed by atoms with Gasteiger partial charge in [0.1, 0.15) is 0 Å². The van der Waals surface area contributed by atoms with Gasteiger partial charge in [-0.15, -0.1) is 0 Å². The summed E-state index contributed by atoms with van der Waals surface area (Å²) < 4.78 is 5.83. The summed E-state index contributed by atoms with van der Waals surface area (Å²) in [6, 6.07) is 6.49. The van der Waals surface area contributed by atoms with Gasteiger partial charge in [-0.1, -0.05) is 12.1 Å². The van der Waals surface area contributed by atoms with Crippen LogP contribution in [0.5, 0.6) is 0 Å². The van der Waals surface area contributed by atoms with Gasteiger partial charge in [-0.05, 0) is 114 Å². The summed E-state index contributed by atoms with van der Waals surface area (Å²) in [6.45, 7) is 10.9. The number of allylic oxidation sites excluding steroid dienone is 2. The molecule has 0 bridgehead atoms. The molecule has 1 aromatic carbocycles. The Morgan fingerprint density at radius 2 is 1.86 bits per heavy atom. The maximum atomic E-state index is 12.9. The molecule has 204 valence electrons. The highest BCUT2D eigenvalue weighted by Crippen LogP contribution is 2.31. The van der Waals surface area contributed by atoms with Crippen LogP contribution in [0.25, 0.3) is 0 Å². The zero-order valence-corrected chi connectivity index (χ0v) is 23.3. The Labute approximate surface area is 223 Å². The zero-order valence-electron chi connectivity index (χ0n) is 23.3. The summed E-state index contributed by atoms with van der Waals surface area (Å²) >= 11 is 0. The number of nitrogens with two attached hydrogens (primary N) is 1. The fourth-order valence-corrected chi connectivity index (χ4v) is 6.57. The largest absolute Gasteiger partial charge is 0.396 e. The minimum Gasteiger partial charge on any atom is -0.396 e. The lowest BCUT2D eigenvalue weighted by molar-refractivity contribution is -0.116. The Morgan fingerprint density at radius 1 is 1.16 bits per heavy atom. The molecule has 2 saturated heterocycles. The Morgan fingerprint density at radius 3 is 2.57 bits per heavy atom. The second-order valence-electron chi connectivity index (χ2n) is 11.7. The standard InChI is InChI=1S/C31H47N3O3/c1-20-7-5-10-28(23(20)4)34-15-13-25(14-16-34)30(36)19-33-27-9-6-8-26(27)31(32)29(35)12-11-24-17-21(2)37-22(3)18-24/h5,7,10,21-22,24-25,30,36H,6,8-9,11-19,32H2,1-4H3/t21-,22+,24?,30?. The molecular weight excluding hydrogens is 462 g/mol. The number of Topliss-reactive ketones (excluding diaryl/α,β-unsaturated/α-hetero) is 1. The third-order valence-electron chi connectivity index (χ3n) is 8.86. The van der Waals surface area contributed by atoms with Crippen molar-refractivity contribution in [2.24, 2.45) is 22.6 Å². The van der Waals surface area contributed by atoms with E-state index in [1.165, 1.54) is 16.8 Å². The van der Waals surface area contributed by atoms with Crippen LogP contribution < -0.4 is 10.6 Å². The van der Waals surface area contributed by atoms with Gasteiger partial charge < -0.3 is 20.5 Å². The van der Waals surface area contributed by atoms with Crippen LogP contribution >= 0.6 is 0 Å². The fourth-order valence-electron chi connectivity index (χ4n) is 6.57. The van der Waals surface area contributed by atoms with E-state index in [-0.39, 0.29) is 23.9 Å². The van der Waals surface area contributed by atoms with Crippen LogP contribution in [0.3, 0.4) is 0 Å². The molecular formula is C31H47N3O3. The molecule has 6 heteroatoms. The molecule has 4 atom stereocenters. The van der Waals surface area contributed by atoms with E-state index in [1.807, 2.05) is 0 Å². The number of carbonyl (C=O) groups excluding carboxylic acids is 1. The number of hydrogen-bond acceptors (Lipinski definition) is 6. The molecule has 1 aliphatic carbocycles. The van der Waals surface area contributed by atoms with Gasteiger partial charge in [0.2, 0.25) is 0 Å². The molecule has 3 aliphatic rings. The Bertz CT molecular complexity index is 999. The molecule has 0 amide bonds. The number of piperidine rings is 1. The molecule has 3 N–H and O–H groups in total. The number of rotatable bonds is 8. The van der Waals surface area contributed by atoms with Crippen molar-refractivity contribution in [2.75, 3.05) is 24.5 Å². The van der Waals surface area contributed by atoms with Gasteiger partial charge in [-0.25, -0.2) is 0 Å². The van der Waals surface area contributed by atoms with Gasteiger partial charge in [0.15, 0.2) is 5.78 Å². The van der Waals surface area contributed by atoms with Crippen LogP contribution in [-0.4, -0.2) is 54.5 Å². The summed E-state index contributed by atoms with van der Waals surface area (Å²) in [5.41, 5.74) is 12.6. The molecule has 6 nitrogen and oxygen atoms in total. The lowest BCUT2D eigenvalue weighted by atomic mass is 9.87. The van der Waals surface area contributed by atoms with Crippen LogP contribution in [0.1, 0.15) is 82.8 Å². The predicted octanol–water partition coefficient (Wildman–Crippen LogP) is 5.27. The van der Waals surface area contributed by atoms with E-state index in [2.05, 4.69) is 50.8 Å². The van der Waals surface area contributed by atoms with E-state index in [9.17, 15) is 9.90 Å². The van der Waals surface area contributed by atoms with Gasteiger partial charge in [-0.2, -0.15) is 0 Å². The summed E-state index contributed by atoms with van der Waals surface area (Å²) in [4.78, 5) is 20.2. The Hall–Kier alpha value is -2.18. The van der Waals surface area contributed by atoms with Gasteiger partial charge in [-0.3, -0.25) is 9.79 Å². The third-order valence-corrected chi connectivity index (χ3v) is 8.86. The van der Waals surface area contributed by atoms with Crippen molar-refractivity contribution in [2.45, 2.75) is 104 Å². The summed E-state index contributed by atoms with van der Waals surface area (Å²) in [5, 5.41) is 10.9. The average molecular weight is 510 g/mol. The lowest BCUT2D eigenvalue weighted by Crippen LogP contribution is -2.39. The summed E-state index contributed by atoms with van der Waals surface area (Å²) in [5.74, 6) is 0.826. The Kier molecular flexibility index (Phi) is 9.46. The maximum absolute atomic E-state index is 12.9. The van der Waals surface area contributed by atoms with Gasteiger partial charge in [0.05, 0.1) is 30.6 Å². The van der Waals surface area contributed by atoms with Crippen molar-refractivity contribution >= 4 is 17.2 Å². The molecule has 4 rings (SSSR count). The van der Waals surface area contributed by atoms with E-state index in [1.54, 1.807) is 0 Å². The van der Waals surface area contributed by atoms with Crippen molar-refractivity contribution < 1.29 is 14.6 Å². The molecule has 2 unspecified atom stereocenters. The first-order valence-electron chi connectivity index (χ1n) is 14.4. The van der Waals surface area contributed by atoms with E-state index >= 15 is 0 Å². The number of aryl methyl sites for hydroxylation is 1. The number of aliphatic hydroxyl groups excluding tert-OH is 1. The molecule has 1 saturated carbocycles. The first-order valence-corrected chi connectivity index (χ1v) is 14.4. The summed E-state index contributed by atoms with van der Waals surface area (Å²) in [7, 11) is 0. The minimum absolute atomic E-state index is 0.0516. The molecule has 0 radical (unpaired) electrons. The molecule has 37 heavy (non-hydrogen) atoms. The van der Waals surface area contributed by atoms with Crippen molar-refractivity contribution in [3.05, 3.63) is 40.6 Å². The molecule has 1 aromatic rings. The number of aliphatic imine (C=N–C) groups is 1. The van der Waals surface area contributed by atoms with E-state index in [0.717, 1.165) is 75.7 Å². The molecule has 0 aromatic heterocycles. The van der Waals surface area contributed by atoms with E-state index < -0.39 is 6.10 Å². The second kappa shape index (κ2) is 12.6. The van der Waals surface area contributed by atoms with Crippen LogP contribution in [0.15, 0.2) is 34.5 Å².